The van der Waals surface area contributed by atoms with E-state index in [1.807, 2.05) is 0 Å². The van der Waals surface area contributed by atoms with E-state index in [9.17, 15) is 19.7 Å². The lowest BCUT2D eigenvalue weighted by Gasteiger charge is -2.11. The van der Waals surface area contributed by atoms with Crippen molar-refractivity contribution in [1.29, 1.82) is 0 Å². The van der Waals surface area contributed by atoms with Crippen LogP contribution in [0.3, 0.4) is 0 Å². The van der Waals surface area contributed by atoms with Gasteiger partial charge in [-0.05, 0) is 18.2 Å². The summed E-state index contributed by atoms with van der Waals surface area (Å²) in [5.41, 5.74) is 0.364. The lowest BCUT2D eigenvalue weighted by molar-refractivity contribution is -0.384. The average molecular weight is 359 g/mol. The molecular weight excluding hydrogens is 342 g/mol. The number of anilines is 1. The van der Waals surface area contributed by atoms with Gasteiger partial charge in [0.05, 0.1) is 25.7 Å². The molecule has 0 atom stereocenters. The minimum atomic E-state index is -0.597. The number of hydrogen-bond donors (Lipinski definition) is 2. The largest absolute Gasteiger partial charge is 0.493 e. The lowest BCUT2D eigenvalue weighted by Crippen LogP contribution is -2.32. The van der Waals surface area contributed by atoms with Crippen molar-refractivity contribution < 1.29 is 24.0 Å². The zero-order valence-electron chi connectivity index (χ0n) is 14.1. The molecule has 2 rings (SSSR count). The van der Waals surface area contributed by atoms with Crippen LogP contribution >= 0.6 is 0 Å². The van der Waals surface area contributed by atoms with Crippen LogP contribution in [0.4, 0.5) is 11.4 Å². The predicted molar refractivity (Wildman–Crippen MR) is 93.6 cm³/mol. The number of carbonyl (C=O) groups is 2. The van der Waals surface area contributed by atoms with Crippen molar-refractivity contribution in [3.63, 3.8) is 0 Å². The third-order valence-electron chi connectivity index (χ3n) is 3.40. The number of benzene rings is 2. The molecule has 2 aromatic carbocycles. The van der Waals surface area contributed by atoms with Crippen LogP contribution in [0.2, 0.25) is 0 Å². The van der Waals surface area contributed by atoms with E-state index in [4.69, 9.17) is 9.47 Å². The number of carbonyl (C=O) groups excluding carboxylic acids is 2. The molecule has 0 unspecified atom stereocenters. The van der Waals surface area contributed by atoms with Crippen LogP contribution in [-0.2, 0) is 4.79 Å². The zero-order chi connectivity index (χ0) is 19.1. The summed E-state index contributed by atoms with van der Waals surface area (Å²) in [5, 5.41) is 15.7. The Kier molecular flexibility index (Phi) is 6.10. The molecule has 26 heavy (non-hydrogen) atoms. The van der Waals surface area contributed by atoms with Crippen LogP contribution in [0.15, 0.2) is 42.5 Å². The summed E-state index contributed by atoms with van der Waals surface area (Å²) in [7, 11) is 2.97. The molecule has 0 aliphatic heterocycles. The van der Waals surface area contributed by atoms with Crippen LogP contribution in [0, 0.1) is 10.1 Å². The molecule has 0 saturated heterocycles. The maximum atomic E-state index is 12.0. The molecule has 9 nitrogen and oxygen atoms in total. The number of non-ortho nitro benzene ring substituents is 1. The Bertz CT molecular complexity index is 837. The summed E-state index contributed by atoms with van der Waals surface area (Å²) < 4.78 is 10.3. The van der Waals surface area contributed by atoms with Gasteiger partial charge < -0.3 is 20.1 Å². The van der Waals surface area contributed by atoms with Gasteiger partial charge in [-0.25, -0.2) is 0 Å². The number of nitrogens with zero attached hydrogens (tertiary/aromatic N) is 1. The first-order valence-electron chi connectivity index (χ1n) is 7.49. The number of amides is 2. The average Bonchev–Trinajstić information content (AvgIpc) is 2.66. The fourth-order valence-corrected chi connectivity index (χ4v) is 2.14. The Labute approximate surface area is 149 Å². The first kappa shape index (κ1) is 18.7. The standard InChI is InChI=1S/C17H17N3O6/c1-25-14-7-6-12(9-15(14)26-2)19-16(21)10-18-17(22)11-4-3-5-13(8-11)20(23)24/h3-9H,10H2,1-2H3,(H,18,22)(H,19,21). The summed E-state index contributed by atoms with van der Waals surface area (Å²) in [6.45, 7) is -0.296. The highest BCUT2D eigenvalue weighted by Gasteiger charge is 2.13. The second kappa shape index (κ2) is 8.47. The monoisotopic (exact) mass is 359 g/mol. The van der Waals surface area contributed by atoms with Crippen LogP contribution in [0.5, 0.6) is 11.5 Å². The maximum absolute atomic E-state index is 12.0. The molecule has 0 radical (unpaired) electrons. The van der Waals surface area contributed by atoms with Gasteiger partial charge in [0.25, 0.3) is 11.6 Å². The van der Waals surface area contributed by atoms with E-state index in [1.165, 1.54) is 32.4 Å². The molecule has 0 aliphatic rings. The Hall–Kier alpha value is -3.62. The van der Waals surface area contributed by atoms with E-state index in [2.05, 4.69) is 10.6 Å². The predicted octanol–water partition coefficient (Wildman–Crippen LogP) is 1.98. The number of hydrogen-bond acceptors (Lipinski definition) is 6. The molecule has 0 bridgehead atoms. The number of nitrogens with one attached hydrogen (secondary N) is 2. The Morgan fingerprint density at radius 2 is 1.81 bits per heavy atom. The van der Waals surface area contributed by atoms with Crippen molar-refractivity contribution in [2.75, 3.05) is 26.1 Å². The number of ether oxygens (including phenoxy) is 2. The van der Waals surface area contributed by atoms with Crippen molar-refractivity contribution >= 4 is 23.2 Å². The SMILES string of the molecule is COc1ccc(NC(=O)CNC(=O)c2cccc([N+](=O)[O-])c2)cc1OC. The smallest absolute Gasteiger partial charge is 0.270 e. The second-order valence-electron chi connectivity index (χ2n) is 5.11. The Balaban J connectivity index is 1.95. The van der Waals surface area contributed by atoms with Crippen molar-refractivity contribution in [3.8, 4) is 11.5 Å². The third kappa shape index (κ3) is 4.69. The van der Waals surface area contributed by atoms with E-state index < -0.39 is 16.7 Å². The van der Waals surface area contributed by atoms with Crippen LogP contribution in [0.1, 0.15) is 10.4 Å². The van der Waals surface area contributed by atoms with E-state index >= 15 is 0 Å². The van der Waals surface area contributed by atoms with Gasteiger partial charge in [0.1, 0.15) is 0 Å². The van der Waals surface area contributed by atoms with E-state index in [0.717, 1.165) is 6.07 Å². The van der Waals surface area contributed by atoms with Gasteiger partial charge in [-0.3, -0.25) is 19.7 Å². The summed E-state index contributed by atoms with van der Waals surface area (Å²) in [5.74, 6) is -0.0810. The molecule has 0 heterocycles. The van der Waals surface area contributed by atoms with Crippen molar-refractivity contribution in [1.82, 2.24) is 5.32 Å². The molecule has 2 aromatic rings. The van der Waals surface area contributed by atoms with Gasteiger partial charge in [0.2, 0.25) is 5.91 Å². The molecule has 2 amide bonds. The quantitative estimate of drug-likeness (QED) is 0.576. The molecule has 136 valence electrons. The minimum Gasteiger partial charge on any atom is -0.493 e. The lowest BCUT2D eigenvalue weighted by atomic mass is 10.2. The highest BCUT2D eigenvalue weighted by molar-refractivity contribution is 5.99. The second-order valence-corrected chi connectivity index (χ2v) is 5.11. The first-order chi connectivity index (χ1) is 12.4. The fraction of sp³-hybridized carbons (Fsp3) is 0.176. The van der Waals surface area contributed by atoms with Crippen molar-refractivity contribution in [2.45, 2.75) is 0 Å². The van der Waals surface area contributed by atoms with Crippen molar-refractivity contribution in [2.24, 2.45) is 0 Å². The maximum Gasteiger partial charge on any atom is 0.270 e. The van der Waals surface area contributed by atoms with Gasteiger partial charge in [0.15, 0.2) is 11.5 Å². The van der Waals surface area contributed by atoms with E-state index in [1.54, 1.807) is 18.2 Å². The molecule has 0 fully saturated rings. The molecule has 9 heteroatoms. The number of nitro groups is 1. The summed E-state index contributed by atoms with van der Waals surface area (Å²) in [4.78, 5) is 34.1. The molecule has 0 aliphatic carbocycles. The number of methoxy groups -OCH3 is 2. The van der Waals surface area contributed by atoms with Crippen LogP contribution in [-0.4, -0.2) is 37.5 Å². The summed E-state index contributed by atoms with van der Waals surface area (Å²) in [6, 6.07) is 10.1. The highest BCUT2D eigenvalue weighted by atomic mass is 16.6. The first-order valence-corrected chi connectivity index (χ1v) is 7.49. The zero-order valence-corrected chi connectivity index (χ0v) is 14.1. The van der Waals surface area contributed by atoms with E-state index in [0.29, 0.717) is 17.2 Å². The van der Waals surface area contributed by atoms with E-state index in [-0.39, 0.29) is 17.8 Å². The third-order valence-corrected chi connectivity index (χ3v) is 3.40. The van der Waals surface area contributed by atoms with Crippen LogP contribution in [0.25, 0.3) is 0 Å². The molecule has 0 saturated carbocycles. The Morgan fingerprint density at radius 1 is 1.08 bits per heavy atom. The molecular formula is C17H17N3O6. The summed E-state index contributed by atoms with van der Waals surface area (Å²) in [6.07, 6.45) is 0. The van der Waals surface area contributed by atoms with Gasteiger partial charge in [-0.2, -0.15) is 0 Å². The highest BCUT2D eigenvalue weighted by Crippen LogP contribution is 2.29. The van der Waals surface area contributed by atoms with Gasteiger partial charge in [-0.15, -0.1) is 0 Å². The molecule has 0 aromatic heterocycles. The molecule has 2 N–H and O–H groups in total. The fourth-order valence-electron chi connectivity index (χ4n) is 2.14. The molecule has 0 spiro atoms. The van der Waals surface area contributed by atoms with Crippen LogP contribution < -0.4 is 20.1 Å². The minimum absolute atomic E-state index is 0.0955. The number of nitro benzene ring substituents is 1. The Morgan fingerprint density at radius 3 is 2.46 bits per heavy atom. The van der Waals surface area contributed by atoms with Gasteiger partial charge in [-0.1, -0.05) is 6.07 Å². The number of rotatable bonds is 7. The van der Waals surface area contributed by atoms with Gasteiger partial charge in [0, 0.05) is 29.4 Å². The normalized spacial score (nSPS) is 9.92. The topological polar surface area (TPSA) is 120 Å². The van der Waals surface area contributed by atoms with Gasteiger partial charge >= 0.3 is 0 Å². The van der Waals surface area contributed by atoms with Crippen molar-refractivity contribution in [3.05, 3.63) is 58.1 Å². The summed E-state index contributed by atoms with van der Waals surface area (Å²) >= 11 is 0.